The van der Waals surface area contributed by atoms with E-state index in [1.165, 1.54) is 12.8 Å². The smallest absolute Gasteiger partial charge is 0.275 e. The van der Waals surface area contributed by atoms with Gasteiger partial charge in [0.15, 0.2) is 5.69 Å². The summed E-state index contributed by atoms with van der Waals surface area (Å²) in [6.07, 6.45) is 7.98. The minimum Gasteiger partial charge on any atom is -0.369 e. The van der Waals surface area contributed by atoms with Crippen LogP contribution in [0.2, 0.25) is 0 Å². The van der Waals surface area contributed by atoms with Crippen LogP contribution < -0.4 is 0 Å². The Labute approximate surface area is 144 Å². The molecule has 1 aliphatic heterocycles. The first-order valence-electron chi connectivity index (χ1n) is 9.59. The SMILES string of the molecule is CC1CCC(N(C(=O)c2n[nH]c3c2C[C@H](C)O[C@@H]3C)C2CC2)CC1. The van der Waals surface area contributed by atoms with Crippen LogP contribution in [0, 0.1) is 5.92 Å². The number of H-pyrrole nitrogens is 1. The molecule has 2 heterocycles. The third-order valence-electron chi connectivity index (χ3n) is 5.99. The molecule has 0 spiro atoms. The van der Waals surface area contributed by atoms with Crippen LogP contribution in [-0.2, 0) is 11.2 Å². The topological polar surface area (TPSA) is 58.2 Å². The normalized spacial score (nSPS) is 33.1. The third kappa shape index (κ3) is 2.87. The second-order valence-electron chi connectivity index (χ2n) is 8.11. The Morgan fingerprint density at radius 3 is 2.33 bits per heavy atom. The maximum absolute atomic E-state index is 13.4. The summed E-state index contributed by atoms with van der Waals surface area (Å²) < 4.78 is 5.86. The summed E-state index contributed by atoms with van der Waals surface area (Å²) in [5, 5.41) is 7.51. The van der Waals surface area contributed by atoms with Gasteiger partial charge < -0.3 is 9.64 Å². The number of aromatic nitrogens is 2. The van der Waals surface area contributed by atoms with Crippen molar-refractivity contribution in [2.45, 2.75) is 90.0 Å². The monoisotopic (exact) mass is 331 g/mol. The van der Waals surface area contributed by atoms with Gasteiger partial charge in [-0.1, -0.05) is 6.92 Å². The number of aromatic amines is 1. The molecule has 0 saturated heterocycles. The summed E-state index contributed by atoms with van der Waals surface area (Å²) in [5.41, 5.74) is 2.73. The zero-order valence-corrected chi connectivity index (χ0v) is 15.0. The Bertz CT molecular complexity index is 614. The summed E-state index contributed by atoms with van der Waals surface area (Å²) in [4.78, 5) is 15.5. The Hall–Kier alpha value is -1.36. The molecule has 1 N–H and O–H groups in total. The van der Waals surface area contributed by atoms with Gasteiger partial charge in [-0.2, -0.15) is 5.10 Å². The van der Waals surface area contributed by atoms with E-state index < -0.39 is 0 Å². The molecule has 1 aromatic heterocycles. The molecular formula is C19H29N3O2. The molecule has 3 aliphatic rings. The van der Waals surface area contributed by atoms with Gasteiger partial charge in [-0.05, 0) is 58.3 Å². The van der Waals surface area contributed by atoms with Crippen molar-refractivity contribution in [2.24, 2.45) is 5.92 Å². The quantitative estimate of drug-likeness (QED) is 0.920. The molecular weight excluding hydrogens is 302 g/mol. The van der Waals surface area contributed by atoms with E-state index >= 15 is 0 Å². The van der Waals surface area contributed by atoms with Crippen molar-refractivity contribution in [3.05, 3.63) is 17.0 Å². The summed E-state index contributed by atoms with van der Waals surface area (Å²) in [7, 11) is 0. The molecule has 132 valence electrons. The number of hydrogen-bond donors (Lipinski definition) is 1. The third-order valence-corrected chi connectivity index (χ3v) is 5.99. The molecule has 4 rings (SSSR count). The van der Waals surface area contributed by atoms with Crippen LogP contribution in [0.1, 0.15) is 87.1 Å². The number of rotatable bonds is 3. The molecule has 0 unspecified atom stereocenters. The van der Waals surface area contributed by atoms with Crippen LogP contribution in [0.3, 0.4) is 0 Å². The Morgan fingerprint density at radius 1 is 1.08 bits per heavy atom. The molecule has 0 radical (unpaired) electrons. The molecule has 0 aromatic carbocycles. The lowest BCUT2D eigenvalue weighted by molar-refractivity contribution is -0.00705. The zero-order chi connectivity index (χ0) is 16.8. The largest absolute Gasteiger partial charge is 0.369 e. The predicted molar refractivity (Wildman–Crippen MR) is 91.9 cm³/mol. The summed E-state index contributed by atoms with van der Waals surface area (Å²) >= 11 is 0. The van der Waals surface area contributed by atoms with Crippen molar-refractivity contribution in [1.29, 1.82) is 0 Å². The fraction of sp³-hybridized carbons (Fsp3) is 0.789. The molecule has 2 saturated carbocycles. The number of nitrogens with one attached hydrogen (secondary N) is 1. The van der Waals surface area contributed by atoms with Gasteiger partial charge in [0.2, 0.25) is 0 Å². The second-order valence-corrected chi connectivity index (χ2v) is 8.11. The van der Waals surface area contributed by atoms with Crippen LogP contribution in [0.4, 0.5) is 0 Å². The van der Waals surface area contributed by atoms with E-state index in [1.807, 2.05) is 6.92 Å². The van der Waals surface area contributed by atoms with Gasteiger partial charge in [0.25, 0.3) is 5.91 Å². The van der Waals surface area contributed by atoms with Gasteiger partial charge in [-0.3, -0.25) is 9.89 Å². The molecule has 2 fully saturated rings. The van der Waals surface area contributed by atoms with Crippen molar-refractivity contribution in [2.75, 3.05) is 0 Å². The van der Waals surface area contributed by atoms with Gasteiger partial charge in [-0.15, -0.1) is 0 Å². The molecule has 2 aliphatic carbocycles. The van der Waals surface area contributed by atoms with Crippen LogP contribution >= 0.6 is 0 Å². The van der Waals surface area contributed by atoms with E-state index in [4.69, 9.17) is 4.74 Å². The highest BCUT2D eigenvalue weighted by Gasteiger charge is 2.41. The van der Waals surface area contributed by atoms with E-state index in [9.17, 15) is 4.79 Å². The Balaban J connectivity index is 1.60. The molecule has 2 atom stereocenters. The number of ether oxygens (including phenoxy) is 1. The van der Waals surface area contributed by atoms with Crippen molar-refractivity contribution < 1.29 is 9.53 Å². The number of nitrogens with zero attached hydrogens (tertiary/aromatic N) is 2. The summed E-state index contributed by atoms with van der Waals surface area (Å²) in [6, 6.07) is 0.848. The van der Waals surface area contributed by atoms with E-state index in [0.29, 0.717) is 17.8 Å². The van der Waals surface area contributed by atoms with Crippen LogP contribution in [0.25, 0.3) is 0 Å². The van der Waals surface area contributed by atoms with Crippen molar-refractivity contribution in [1.82, 2.24) is 15.1 Å². The van der Waals surface area contributed by atoms with E-state index in [1.54, 1.807) is 0 Å². The Morgan fingerprint density at radius 2 is 1.71 bits per heavy atom. The second kappa shape index (κ2) is 6.17. The number of hydrogen-bond acceptors (Lipinski definition) is 3. The molecule has 1 amide bonds. The summed E-state index contributed by atoms with van der Waals surface area (Å²) in [6.45, 7) is 6.43. The first kappa shape index (κ1) is 16.1. The van der Waals surface area contributed by atoms with Crippen LogP contribution in [0.5, 0.6) is 0 Å². The number of amides is 1. The van der Waals surface area contributed by atoms with Gasteiger partial charge in [0.05, 0.1) is 17.9 Å². The highest BCUT2D eigenvalue weighted by molar-refractivity contribution is 5.94. The highest BCUT2D eigenvalue weighted by atomic mass is 16.5. The lowest BCUT2D eigenvalue weighted by atomic mass is 9.86. The van der Waals surface area contributed by atoms with Gasteiger partial charge in [0.1, 0.15) is 0 Å². The van der Waals surface area contributed by atoms with E-state index in [2.05, 4.69) is 28.9 Å². The fourth-order valence-corrected chi connectivity index (χ4v) is 4.48. The summed E-state index contributed by atoms with van der Waals surface area (Å²) in [5.74, 6) is 0.949. The van der Waals surface area contributed by atoms with Gasteiger partial charge in [0, 0.05) is 24.1 Å². The first-order valence-corrected chi connectivity index (χ1v) is 9.59. The minimum absolute atomic E-state index is 0.0114. The molecule has 0 bridgehead atoms. The van der Waals surface area contributed by atoms with Crippen molar-refractivity contribution >= 4 is 5.91 Å². The minimum atomic E-state index is -0.0114. The van der Waals surface area contributed by atoms with Crippen molar-refractivity contribution in [3.63, 3.8) is 0 Å². The van der Waals surface area contributed by atoms with E-state index in [-0.39, 0.29) is 18.1 Å². The number of fused-ring (bicyclic) bond motifs is 1. The molecule has 24 heavy (non-hydrogen) atoms. The number of carbonyl (C=O) groups excluding carboxylic acids is 1. The first-order chi connectivity index (χ1) is 11.5. The van der Waals surface area contributed by atoms with Crippen molar-refractivity contribution in [3.8, 4) is 0 Å². The highest BCUT2D eigenvalue weighted by Crippen LogP contribution is 2.38. The van der Waals surface area contributed by atoms with Crippen LogP contribution in [-0.4, -0.2) is 39.2 Å². The lowest BCUT2D eigenvalue weighted by Crippen LogP contribution is -2.44. The number of carbonyl (C=O) groups is 1. The van der Waals surface area contributed by atoms with Gasteiger partial charge >= 0.3 is 0 Å². The standard InChI is InChI=1S/C19H29N3O2/c1-11-4-6-14(7-5-11)22(15-8-9-15)19(23)18-16-10-12(2)24-13(3)17(16)20-21-18/h11-15H,4-10H2,1-3H3,(H,20,21)/t11?,12-,13+,14?/m0/s1. The predicted octanol–water partition coefficient (Wildman–Crippen LogP) is 3.62. The molecule has 5 nitrogen and oxygen atoms in total. The van der Waals surface area contributed by atoms with Gasteiger partial charge in [-0.25, -0.2) is 0 Å². The Kier molecular flexibility index (Phi) is 4.15. The average molecular weight is 331 g/mol. The van der Waals surface area contributed by atoms with E-state index in [0.717, 1.165) is 49.3 Å². The molecule has 1 aromatic rings. The maximum atomic E-state index is 13.4. The molecule has 5 heteroatoms. The lowest BCUT2D eigenvalue weighted by Gasteiger charge is -2.36. The van der Waals surface area contributed by atoms with Crippen LogP contribution in [0.15, 0.2) is 0 Å². The average Bonchev–Trinajstić information content (AvgIpc) is 3.28. The maximum Gasteiger partial charge on any atom is 0.275 e. The zero-order valence-electron chi connectivity index (χ0n) is 15.0. The fourth-order valence-electron chi connectivity index (χ4n) is 4.48.